The maximum atomic E-state index is 11.5. The number of likely N-dealkylation sites (tertiary alicyclic amines) is 1. The summed E-state index contributed by atoms with van der Waals surface area (Å²) in [5.41, 5.74) is 5.06. The van der Waals surface area contributed by atoms with E-state index in [1.54, 1.807) is 0 Å². The lowest BCUT2D eigenvalue weighted by atomic mass is 10.2. The third kappa shape index (κ3) is 2.80. The standard InChI is InChI=1S/C9H12N2O5/c10-9(16)6-3-5(12)4-11(6)7(13)1-2-8(14)15/h1-2,5-6,12H,3-4H2,(H2,10,16)(H,14,15)/b2-1+. The summed E-state index contributed by atoms with van der Waals surface area (Å²) in [6, 6.07) is -0.874. The second-order valence-electron chi connectivity index (χ2n) is 3.47. The molecule has 1 fully saturated rings. The molecular weight excluding hydrogens is 216 g/mol. The van der Waals surface area contributed by atoms with Gasteiger partial charge in [0, 0.05) is 25.1 Å². The number of amides is 2. The van der Waals surface area contributed by atoms with Crippen LogP contribution in [0.1, 0.15) is 6.42 Å². The van der Waals surface area contributed by atoms with Crippen molar-refractivity contribution in [2.45, 2.75) is 18.6 Å². The molecule has 1 rings (SSSR count). The van der Waals surface area contributed by atoms with Crippen LogP contribution in [0, 0.1) is 0 Å². The van der Waals surface area contributed by atoms with Crippen molar-refractivity contribution in [3.8, 4) is 0 Å². The van der Waals surface area contributed by atoms with Gasteiger partial charge in [0.1, 0.15) is 6.04 Å². The van der Waals surface area contributed by atoms with E-state index in [9.17, 15) is 19.5 Å². The van der Waals surface area contributed by atoms with Gasteiger partial charge >= 0.3 is 5.97 Å². The van der Waals surface area contributed by atoms with Crippen molar-refractivity contribution in [3.05, 3.63) is 12.2 Å². The zero-order chi connectivity index (χ0) is 12.3. The largest absolute Gasteiger partial charge is 0.478 e. The van der Waals surface area contributed by atoms with Crippen LogP contribution in [0.4, 0.5) is 0 Å². The Hall–Kier alpha value is -1.89. The lowest BCUT2D eigenvalue weighted by Gasteiger charge is -2.19. The van der Waals surface area contributed by atoms with Gasteiger partial charge in [0.05, 0.1) is 6.10 Å². The van der Waals surface area contributed by atoms with E-state index in [4.69, 9.17) is 10.8 Å². The van der Waals surface area contributed by atoms with E-state index in [-0.39, 0.29) is 13.0 Å². The summed E-state index contributed by atoms with van der Waals surface area (Å²) in [6.07, 6.45) is 0.781. The Balaban J connectivity index is 2.74. The number of hydrogen-bond donors (Lipinski definition) is 3. The predicted molar refractivity (Wildman–Crippen MR) is 52.1 cm³/mol. The molecule has 4 N–H and O–H groups in total. The molecule has 1 saturated heterocycles. The summed E-state index contributed by atoms with van der Waals surface area (Å²) in [5, 5.41) is 17.6. The number of carboxylic acids is 1. The van der Waals surface area contributed by atoms with Crippen LogP contribution in [0.25, 0.3) is 0 Å². The fourth-order valence-corrected chi connectivity index (χ4v) is 1.57. The van der Waals surface area contributed by atoms with Crippen molar-refractivity contribution in [1.29, 1.82) is 0 Å². The van der Waals surface area contributed by atoms with Gasteiger partial charge in [0.2, 0.25) is 11.8 Å². The molecule has 16 heavy (non-hydrogen) atoms. The first-order chi connectivity index (χ1) is 7.41. The van der Waals surface area contributed by atoms with Crippen LogP contribution < -0.4 is 5.73 Å². The van der Waals surface area contributed by atoms with Crippen molar-refractivity contribution in [2.24, 2.45) is 5.73 Å². The van der Waals surface area contributed by atoms with E-state index in [2.05, 4.69) is 0 Å². The first kappa shape index (κ1) is 12.2. The molecule has 0 aromatic heterocycles. The highest BCUT2D eigenvalue weighted by atomic mass is 16.4. The van der Waals surface area contributed by atoms with E-state index in [1.807, 2.05) is 0 Å². The number of primary amides is 1. The van der Waals surface area contributed by atoms with Crippen molar-refractivity contribution >= 4 is 17.8 Å². The Morgan fingerprint density at radius 2 is 1.94 bits per heavy atom. The van der Waals surface area contributed by atoms with E-state index >= 15 is 0 Å². The second kappa shape index (κ2) is 4.75. The Morgan fingerprint density at radius 1 is 1.31 bits per heavy atom. The molecule has 0 aliphatic carbocycles. The highest BCUT2D eigenvalue weighted by Crippen LogP contribution is 2.17. The molecule has 0 aromatic carbocycles. The number of nitrogens with zero attached hydrogens (tertiary/aromatic N) is 1. The van der Waals surface area contributed by atoms with E-state index in [1.165, 1.54) is 0 Å². The van der Waals surface area contributed by atoms with Gasteiger partial charge in [-0.3, -0.25) is 9.59 Å². The average Bonchev–Trinajstić information content (AvgIpc) is 2.56. The zero-order valence-electron chi connectivity index (χ0n) is 8.37. The average molecular weight is 228 g/mol. The molecule has 2 unspecified atom stereocenters. The maximum Gasteiger partial charge on any atom is 0.328 e. The Labute approximate surface area is 91.1 Å². The lowest BCUT2D eigenvalue weighted by molar-refractivity contribution is -0.134. The summed E-state index contributed by atoms with van der Waals surface area (Å²) < 4.78 is 0. The SMILES string of the molecule is NC(=O)C1CC(O)CN1C(=O)/C=C/C(=O)O. The summed E-state index contributed by atoms with van der Waals surface area (Å²) in [7, 11) is 0. The van der Waals surface area contributed by atoms with Crippen LogP contribution in [-0.2, 0) is 14.4 Å². The second-order valence-corrected chi connectivity index (χ2v) is 3.47. The van der Waals surface area contributed by atoms with Crippen molar-refractivity contribution < 1.29 is 24.6 Å². The minimum Gasteiger partial charge on any atom is -0.478 e. The normalized spacial score (nSPS) is 24.9. The van der Waals surface area contributed by atoms with Gasteiger partial charge in [-0.15, -0.1) is 0 Å². The van der Waals surface area contributed by atoms with Gasteiger partial charge in [-0.1, -0.05) is 0 Å². The summed E-state index contributed by atoms with van der Waals surface area (Å²) in [5.74, 6) is -2.62. The molecule has 7 nitrogen and oxygen atoms in total. The number of rotatable bonds is 3. The monoisotopic (exact) mass is 228 g/mol. The molecule has 1 aliphatic heterocycles. The van der Waals surface area contributed by atoms with Crippen LogP contribution in [0.3, 0.4) is 0 Å². The Kier molecular flexibility index (Phi) is 3.62. The van der Waals surface area contributed by atoms with Crippen molar-refractivity contribution in [3.63, 3.8) is 0 Å². The molecule has 1 heterocycles. The third-order valence-corrected chi connectivity index (χ3v) is 2.26. The van der Waals surface area contributed by atoms with Crippen LogP contribution in [-0.4, -0.2) is 51.6 Å². The van der Waals surface area contributed by atoms with Gasteiger partial charge < -0.3 is 20.8 Å². The number of aliphatic hydroxyl groups is 1. The molecule has 0 aromatic rings. The van der Waals surface area contributed by atoms with Gasteiger partial charge in [-0.2, -0.15) is 0 Å². The number of carbonyl (C=O) groups excluding carboxylic acids is 2. The molecule has 88 valence electrons. The number of aliphatic carboxylic acids is 1. The molecule has 0 bridgehead atoms. The first-order valence-electron chi connectivity index (χ1n) is 4.60. The van der Waals surface area contributed by atoms with E-state index < -0.39 is 29.9 Å². The minimum atomic E-state index is -1.26. The fourth-order valence-electron chi connectivity index (χ4n) is 1.57. The quantitative estimate of drug-likeness (QED) is 0.486. The minimum absolute atomic E-state index is 0.0175. The maximum absolute atomic E-state index is 11.5. The van der Waals surface area contributed by atoms with Gasteiger partial charge in [-0.25, -0.2) is 4.79 Å². The van der Waals surface area contributed by atoms with Crippen LogP contribution in [0.5, 0.6) is 0 Å². The number of carboxylic acid groups (broad SMARTS) is 1. The smallest absolute Gasteiger partial charge is 0.328 e. The number of β-amino-alcohol motifs (C(OH)–C–C–N with tert-alkyl or cyclic N) is 1. The molecule has 0 spiro atoms. The third-order valence-electron chi connectivity index (χ3n) is 2.26. The number of carbonyl (C=O) groups is 3. The van der Waals surface area contributed by atoms with Crippen molar-refractivity contribution in [2.75, 3.05) is 6.54 Å². The zero-order valence-corrected chi connectivity index (χ0v) is 8.37. The van der Waals surface area contributed by atoms with Crippen LogP contribution in [0.15, 0.2) is 12.2 Å². The van der Waals surface area contributed by atoms with Gasteiger partial charge in [-0.05, 0) is 0 Å². The predicted octanol–water partition coefficient (Wildman–Crippen LogP) is -1.93. The van der Waals surface area contributed by atoms with Crippen molar-refractivity contribution in [1.82, 2.24) is 4.90 Å². The van der Waals surface area contributed by atoms with Crippen LogP contribution >= 0.6 is 0 Å². The highest BCUT2D eigenvalue weighted by molar-refractivity contribution is 5.96. The van der Waals surface area contributed by atoms with Gasteiger partial charge in [0.25, 0.3) is 0 Å². The van der Waals surface area contributed by atoms with E-state index in [0.717, 1.165) is 11.0 Å². The van der Waals surface area contributed by atoms with Crippen LogP contribution in [0.2, 0.25) is 0 Å². The molecule has 2 amide bonds. The molecule has 7 heteroatoms. The molecule has 0 saturated carbocycles. The van der Waals surface area contributed by atoms with Gasteiger partial charge in [0.15, 0.2) is 0 Å². The molecule has 0 radical (unpaired) electrons. The first-order valence-corrected chi connectivity index (χ1v) is 4.60. The van der Waals surface area contributed by atoms with E-state index in [0.29, 0.717) is 6.08 Å². The fraction of sp³-hybridized carbons (Fsp3) is 0.444. The lowest BCUT2D eigenvalue weighted by Crippen LogP contribution is -2.43. The summed E-state index contributed by atoms with van der Waals surface area (Å²) in [6.45, 7) is -0.0175. The number of aliphatic hydroxyl groups excluding tert-OH is 1. The molecule has 1 aliphatic rings. The Morgan fingerprint density at radius 3 is 2.44 bits per heavy atom. The number of hydrogen-bond acceptors (Lipinski definition) is 4. The number of nitrogens with two attached hydrogens (primary N) is 1. The summed E-state index contributed by atoms with van der Waals surface area (Å²) in [4.78, 5) is 33.7. The molecular formula is C9H12N2O5. The highest BCUT2D eigenvalue weighted by Gasteiger charge is 2.36. The topological polar surface area (TPSA) is 121 Å². The Bertz CT molecular complexity index is 352. The summed E-state index contributed by atoms with van der Waals surface area (Å²) >= 11 is 0. The molecule has 2 atom stereocenters.